The largest absolute Gasteiger partial charge is 0.341 e. The zero-order valence-electron chi connectivity index (χ0n) is 10.6. The van der Waals surface area contributed by atoms with Gasteiger partial charge in [-0.3, -0.25) is 9.69 Å². The van der Waals surface area contributed by atoms with Crippen LogP contribution in [-0.4, -0.2) is 60.5 Å². The van der Waals surface area contributed by atoms with E-state index in [4.69, 9.17) is 0 Å². The van der Waals surface area contributed by atoms with Crippen molar-refractivity contribution in [1.82, 2.24) is 15.1 Å². The highest BCUT2D eigenvalue weighted by atomic mass is 16.2. The van der Waals surface area contributed by atoms with E-state index < -0.39 is 0 Å². The molecule has 0 aromatic rings. The number of carbonyl (C=O) groups excluding carboxylic acids is 1. The van der Waals surface area contributed by atoms with Crippen molar-refractivity contribution >= 4 is 5.91 Å². The number of piperazine rings is 1. The normalized spacial score (nSPS) is 23.2. The Labute approximate surface area is 98.0 Å². The third kappa shape index (κ3) is 2.23. The van der Waals surface area contributed by atoms with E-state index in [1.807, 2.05) is 11.9 Å². The van der Waals surface area contributed by atoms with Crippen LogP contribution in [0.15, 0.2) is 0 Å². The number of rotatable bonds is 3. The number of likely N-dealkylation sites (N-methyl/N-ethyl adjacent to an activating group) is 1. The lowest BCUT2D eigenvalue weighted by molar-refractivity contribution is -0.142. The molecular weight excluding hydrogens is 202 g/mol. The van der Waals surface area contributed by atoms with Crippen LogP contribution in [0, 0.1) is 0 Å². The maximum Gasteiger partial charge on any atom is 0.242 e. The minimum atomic E-state index is -0.348. The summed E-state index contributed by atoms with van der Waals surface area (Å²) in [4.78, 5) is 16.7. The summed E-state index contributed by atoms with van der Waals surface area (Å²) in [6.45, 7) is 8.03. The van der Waals surface area contributed by atoms with Crippen molar-refractivity contribution in [1.29, 1.82) is 0 Å². The van der Waals surface area contributed by atoms with Crippen LogP contribution in [0.4, 0.5) is 0 Å². The summed E-state index contributed by atoms with van der Waals surface area (Å²) >= 11 is 0. The average molecular weight is 225 g/mol. The number of nitrogens with zero attached hydrogens (tertiary/aromatic N) is 2. The zero-order valence-corrected chi connectivity index (χ0v) is 10.6. The standard InChI is InChI=1S/C12H23N3O/c1-12(2,15-8-6-13-7-9-15)11(16)14(3)10-4-5-10/h10,13H,4-9H2,1-3H3. The molecule has 1 heterocycles. The van der Waals surface area contributed by atoms with Gasteiger partial charge in [0.05, 0.1) is 5.54 Å². The molecule has 0 atom stereocenters. The summed E-state index contributed by atoms with van der Waals surface area (Å²) in [7, 11) is 1.95. The van der Waals surface area contributed by atoms with Crippen LogP contribution in [0.2, 0.25) is 0 Å². The summed E-state index contributed by atoms with van der Waals surface area (Å²) in [5.74, 6) is 0.275. The second-order valence-electron chi connectivity index (χ2n) is 5.44. The van der Waals surface area contributed by atoms with Gasteiger partial charge in [-0.15, -0.1) is 0 Å². The Morgan fingerprint density at radius 2 is 1.88 bits per heavy atom. The minimum absolute atomic E-state index is 0.275. The molecule has 2 fully saturated rings. The smallest absolute Gasteiger partial charge is 0.242 e. The van der Waals surface area contributed by atoms with Crippen molar-refractivity contribution < 1.29 is 4.79 Å². The molecule has 1 saturated heterocycles. The molecule has 1 saturated carbocycles. The maximum atomic E-state index is 12.4. The van der Waals surface area contributed by atoms with Gasteiger partial charge in [-0.25, -0.2) is 0 Å². The lowest BCUT2D eigenvalue weighted by atomic mass is 9.99. The van der Waals surface area contributed by atoms with Gasteiger partial charge in [-0.1, -0.05) is 0 Å². The van der Waals surface area contributed by atoms with Crippen molar-refractivity contribution in [3.63, 3.8) is 0 Å². The molecule has 0 aromatic carbocycles. The SMILES string of the molecule is CN(C(=O)C(C)(C)N1CCNCC1)C1CC1. The van der Waals surface area contributed by atoms with Gasteiger partial charge in [-0.2, -0.15) is 0 Å². The van der Waals surface area contributed by atoms with Crippen LogP contribution in [0.3, 0.4) is 0 Å². The lowest BCUT2D eigenvalue weighted by Crippen LogP contribution is -2.60. The van der Waals surface area contributed by atoms with Crippen molar-refractivity contribution in [3.05, 3.63) is 0 Å². The first kappa shape index (κ1) is 11.9. The molecule has 0 aromatic heterocycles. The van der Waals surface area contributed by atoms with Gasteiger partial charge in [-0.05, 0) is 26.7 Å². The molecule has 1 amide bonds. The van der Waals surface area contributed by atoms with Gasteiger partial charge in [0, 0.05) is 39.3 Å². The first-order valence-electron chi connectivity index (χ1n) is 6.26. The Hall–Kier alpha value is -0.610. The molecule has 1 aliphatic heterocycles. The van der Waals surface area contributed by atoms with Gasteiger partial charge in [0.25, 0.3) is 0 Å². The summed E-state index contributed by atoms with van der Waals surface area (Å²) in [6.07, 6.45) is 2.36. The Morgan fingerprint density at radius 1 is 1.31 bits per heavy atom. The number of nitrogens with one attached hydrogen (secondary N) is 1. The summed E-state index contributed by atoms with van der Waals surface area (Å²) in [5, 5.41) is 3.32. The van der Waals surface area contributed by atoms with Crippen molar-refractivity contribution in [2.75, 3.05) is 33.2 Å². The van der Waals surface area contributed by atoms with Crippen LogP contribution in [-0.2, 0) is 4.79 Å². The fourth-order valence-electron chi connectivity index (χ4n) is 2.42. The van der Waals surface area contributed by atoms with E-state index in [9.17, 15) is 4.79 Å². The van der Waals surface area contributed by atoms with Gasteiger partial charge in [0.1, 0.15) is 0 Å². The van der Waals surface area contributed by atoms with Crippen molar-refractivity contribution in [2.45, 2.75) is 38.3 Å². The monoisotopic (exact) mass is 225 g/mol. The van der Waals surface area contributed by atoms with Gasteiger partial charge in [0.2, 0.25) is 5.91 Å². The van der Waals surface area contributed by atoms with Crippen LogP contribution < -0.4 is 5.32 Å². The Kier molecular flexibility index (Phi) is 3.22. The fourth-order valence-corrected chi connectivity index (χ4v) is 2.42. The van der Waals surface area contributed by atoms with E-state index in [0.717, 1.165) is 26.2 Å². The Morgan fingerprint density at radius 3 is 2.38 bits per heavy atom. The first-order valence-corrected chi connectivity index (χ1v) is 6.26. The predicted molar refractivity (Wildman–Crippen MR) is 64.3 cm³/mol. The third-order valence-electron chi connectivity index (χ3n) is 3.85. The van der Waals surface area contributed by atoms with Gasteiger partial charge >= 0.3 is 0 Å². The predicted octanol–water partition coefficient (Wildman–Crippen LogP) is 0.291. The number of hydrogen-bond donors (Lipinski definition) is 1. The molecule has 4 nitrogen and oxygen atoms in total. The van der Waals surface area contributed by atoms with Crippen LogP contribution in [0.1, 0.15) is 26.7 Å². The highest BCUT2D eigenvalue weighted by molar-refractivity contribution is 5.85. The minimum Gasteiger partial charge on any atom is -0.341 e. The molecule has 0 spiro atoms. The second kappa shape index (κ2) is 4.34. The van der Waals surface area contributed by atoms with E-state index in [1.165, 1.54) is 12.8 Å². The topological polar surface area (TPSA) is 35.6 Å². The average Bonchev–Trinajstić information content (AvgIpc) is 3.12. The van der Waals surface area contributed by atoms with Crippen LogP contribution in [0.25, 0.3) is 0 Å². The zero-order chi connectivity index (χ0) is 11.8. The quantitative estimate of drug-likeness (QED) is 0.750. The molecule has 2 aliphatic rings. The number of carbonyl (C=O) groups is 1. The summed E-state index contributed by atoms with van der Waals surface area (Å²) in [6, 6.07) is 0.509. The third-order valence-corrected chi connectivity index (χ3v) is 3.85. The molecular formula is C12H23N3O. The molecule has 1 N–H and O–H groups in total. The molecule has 0 unspecified atom stereocenters. The van der Waals surface area contributed by atoms with E-state index >= 15 is 0 Å². The molecule has 92 valence electrons. The van der Waals surface area contributed by atoms with E-state index in [2.05, 4.69) is 24.1 Å². The first-order chi connectivity index (χ1) is 7.53. The molecule has 4 heteroatoms. The molecule has 1 aliphatic carbocycles. The highest BCUT2D eigenvalue weighted by Crippen LogP contribution is 2.29. The van der Waals surface area contributed by atoms with E-state index in [0.29, 0.717) is 6.04 Å². The molecule has 0 bridgehead atoms. The van der Waals surface area contributed by atoms with Gasteiger partial charge < -0.3 is 10.2 Å². The molecule has 16 heavy (non-hydrogen) atoms. The molecule has 2 rings (SSSR count). The Balaban J connectivity index is 2.00. The van der Waals surface area contributed by atoms with Crippen molar-refractivity contribution in [2.24, 2.45) is 0 Å². The number of hydrogen-bond acceptors (Lipinski definition) is 3. The Bertz CT molecular complexity index is 267. The molecule has 0 radical (unpaired) electrons. The van der Waals surface area contributed by atoms with Crippen LogP contribution in [0.5, 0.6) is 0 Å². The van der Waals surface area contributed by atoms with Crippen molar-refractivity contribution in [3.8, 4) is 0 Å². The number of amides is 1. The summed E-state index contributed by atoms with van der Waals surface area (Å²) < 4.78 is 0. The fraction of sp³-hybridized carbons (Fsp3) is 0.917. The van der Waals surface area contributed by atoms with Crippen LogP contribution >= 0.6 is 0 Å². The summed E-state index contributed by atoms with van der Waals surface area (Å²) in [5.41, 5.74) is -0.348. The highest BCUT2D eigenvalue weighted by Gasteiger charge is 2.41. The van der Waals surface area contributed by atoms with Gasteiger partial charge in [0.15, 0.2) is 0 Å². The maximum absolute atomic E-state index is 12.4. The van der Waals surface area contributed by atoms with E-state index in [-0.39, 0.29) is 11.4 Å². The van der Waals surface area contributed by atoms with E-state index in [1.54, 1.807) is 0 Å². The second-order valence-corrected chi connectivity index (χ2v) is 5.44. The lowest BCUT2D eigenvalue weighted by Gasteiger charge is -2.41.